The van der Waals surface area contributed by atoms with Crippen molar-refractivity contribution in [2.75, 3.05) is 6.61 Å². The minimum atomic E-state index is 0.500. The number of ether oxygens (including phenoxy) is 1. The second-order valence-electron chi connectivity index (χ2n) is 3.98. The fraction of sp³-hybridized carbons (Fsp3) is 0.214. The van der Waals surface area contributed by atoms with Crippen molar-refractivity contribution in [2.24, 2.45) is 0 Å². The third-order valence-electron chi connectivity index (χ3n) is 2.75. The summed E-state index contributed by atoms with van der Waals surface area (Å²) in [4.78, 5) is 4.21. The maximum atomic E-state index is 5.54. The van der Waals surface area contributed by atoms with Crippen LogP contribution in [0.2, 0.25) is 0 Å². The zero-order chi connectivity index (χ0) is 12.2. The molecule has 0 aliphatic rings. The Morgan fingerprint density at radius 3 is 3.06 bits per heavy atom. The molecule has 0 spiro atoms. The van der Waals surface area contributed by atoms with E-state index < -0.39 is 0 Å². The largest absolute Gasteiger partial charge is 0.467 e. The zero-order valence-corrected chi connectivity index (χ0v) is 9.87. The highest BCUT2D eigenvalue weighted by atomic mass is 16.5. The molecule has 0 saturated carbocycles. The fourth-order valence-electron chi connectivity index (χ4n) is 1.85. The minimum absolute atomic E-state index is 0.500. The number of para-hydroxylation sites is 2. The van der Waals surface area contributed by atoms with Crippen LogP contribution >= 0.6 is 0 Å². The molecular weight excluding hydrogens is 228 g/mol. The SMILES string of the molecule is [c]1nc2ccccc2n1CCOCc1ccco1. The van der Waals surface area contributed by atoms with E-state index >= 15 is 0 Å². The Bertz CT molecular complexity index is 614. The van der Waals surface area contributed by atoms with E-state index in [1.165, 1.54) is 0 Å². The number of hydrogen-bond donors (Lipinski definition) is 0. The third-order valence-corrected chi connectivity index (χ3v) is 2.75. The molecular formula is C14H13N2O2. The van der Waals surface area contributed by atoms with Crippen LogP contribution in [0.5, 0.6) is 0 Å². The molecule has 18 heavy (non-hydrogen) atoms. The average Bonchev–Trinajstić information content (AvgIpc) is 3.04. The Morgan fingerprint density at radius 1 is 1.22 bits per heavy atom. The monoisotopic (exact) mass is 241 g/mol. The van der Waals surface area contributed by atoms with E-state index in [0.29, 0.717) is 13.2 Å². The van der Waals surface area contributed by atoms with Gasteiger partial charge in [0.2, 0.25) is 0 Å². The van der Waals surface area contributed by atoms with Gasteiger partial charge in [-0.15, -0.1) is 0 Å². The lowest BCUT2D eigenvalue weighted by Crippen LogP contribution is -2.05. The van der Waals surface area contributed by atoms with Gasteiger partial charge in [-0.25, -0.2) is 4.98 Å². The predicted molar refractivity (Wildman–Crippen MR) is 66.9 cm³/mol. The van der Waals surface area contributed by atoms with Gasteiger partial charge in [0.1, 0.15) is 12.4 Å². The fourth-order valence-corrected chi connectivity index (χ4v) is 1.85. The Labute approximate surface area is 105 Å². The molecule has 0 atom stereocenters. The van der Waals surface area contributed by atoms with Crippen LogP contribution in [0.25, 0.3) is 11.0 Å². The number of aromatic nitrogens is 2. The smallest absolute Gasteiger partial charge is 0.177 e. The quantitative estimate of drug-likeness (QED) is 0.645. The molecule has 2 aromatic heterocycles. The molecule has 0 bridgehead atoms. The standard InChI is InChI=1S/C14H13N2O2/c1-2-6-14-13(5-1)15-11-16(14)7-9-17-10-12-4-3-8-18-12/h1-6,8H,7,9-10H2. The molecule has 0 fully saturated rings. The molecule has 0 unspecified atom stereocenters. The maximum absolute atomic E-state index is 5.54. The number of nitrogens with zero attached hydrogens (tertiary/aromatic N) is 2. The topological polar surface area (TPSA) is 40.2 Å². The Morgan fingerprint density at radius 2 is 2.17 bits per heavy atom. The van der Waals surface area contributed by atoms with Gasteiger partial charge in [-0.05, 0) is 24.3 Å². The summed E-state index contributed by atoms with van der Waals surface area (Å²) in [7, 11) is 0. The van der Waals surface area contributed by atoms with E-state index in [-0.39, 0.29) is 0 Å². The van der Waals surface area contributed by atoms with E-state index in [1.54, 1.807) is 6.26 Å². The summed E-state index contributed by atoms with van der Waals surface area (Å²) >= 11 is 0. The van der Waals surface area contributed by atoms with Crippen molar-refractivity contribution < 1.29 is 9.15 Å². The third kappa shape index (κ3) is 2.28. The molecule has 1 radical (unpaired) electrons. The molecule has 4 nitrogen and oxygen atoms in total. The summed E-state index contributed by atoms with van der Waals surface area (Å²) in [6.07, 6.45) is 4.62. The second kappa shape index (κ2) is 5.06. The molecule has 2 heterocycles. The summed E-state index contributed by atoms with van der Waals surface area (Å²) in [5.41, 5.74) is 2.04. The first-order valence-electron chi connectivity index (χ1n) is 5.86. The molecule has 0 amide bonds. The number of hydrogen-bond acceptors (Lipinski definition) is 3. The highest BCUT2D eigenvalue weighted by Crippen LogP contribution is 2.11. The van der Waals surface area contributed by atoms with Crippen LogP contribution in [0.15, 0.2) is 47.1 Å². The molecule has 91 valence electrons. The van der Waals surface area contributed by atoms with Crippen LogP contribution in [0.1, 0.15) is 5.76 Å². The van der Waals surface area contributed by atoms with Crippen molar-refractivity contribution in [1.82, 2.24) is 9.55 Å². The molecule has 3 rings (SSSR count). The van der Waals surface area contributed by atoms with Crippen molar-refractivity contribution >= 4 is 11.0 Å². The van der Waals surface area contributed by atoms with Gasteiger partial charge in [0.25, 0.3) is 0 Å². The molecule has 0 saturated heterocycles. The van der Waals surface area contributed by atoms with Crippen molar-refractivity contribution in [3.8, 4) is 0 Å². The van der Waals surface area contributed by atoms with Gasteiger partial charge < -0.3 is 13.7 Å². The summed E-state index contributed by atoms with van der Waals surface area (Å²) in [5, 5.41) is 0. The summed E-state index contributed by atoms with van der Waals surface area (Å²) in [6.45, 7) is 1.85. The van der Waals surface area contributed by atoms with E-state index in [4.69, 9.17) is 9.15 Å². The molecule has 3 aromatic rings. The van der Waals surface area contributed by atoms with Crippen LogP contribution in [0, 0.1) is 6.33 Å². The second-order valence-corrected chi connectivity index (χ2v) is 3.98. The highest BCUT2D eigenvalue weighted by molar-refractivity contribution is 5.74. The van der Waals surface area contributed by atoms with Gasteiger partial charge >= 0.3 is 0 Å². The number of rotatable bonds is 5. The van der Waals surface area contributed by atoms with Crippen molar-refractivity contribution in [2.45, 2.75) is 13.2 Å². The molecule has 0 aliphatic heterocycles. The molecule has 0 aliphatic carbocycles. The normalized spacial score (nSPS) is 11.1. The van der Waals surface area contributed by atoms with Gasteiger partial charge in [-0.1, -0.05) is 12.1 Å². The number of furan rings is 1. The Balaban J connectivity index is 1.57. The molecule has 4 heteroatoms. The molecule has 1 aromatic carbocycles. The number of fused-ring (bicyclic) bond motifs is 1. The minimum Gasteiger partial charge on any atom is -0.467 e. The van der Waals surface area contributed by atoms with Gasteiger partial charge in [-0.3, -0.25) is 0 Å². The Kier molecular flexibility index (Phi) is 3.10. The first-order valence-corrected chi connectivity index (χ1v) is 5.86. The van der Waals surface area contributed by atoms with Crippen LogP contribution < -0.4 is 0 Å². The first-order chi connectivity index (χ1) is 8.93. The van der Waals surface area contributed by atoms with Crippen molar-refractivity contribution in [3.63, 3.8) is 0 Å². The zero-order valence-electron chi connectivity index (χ0n) is 9.87. The summed E-state index contributed by atoms with van der Waals surface area (Å²) in [6, 6.07) is 11.7. The van der Waals surface area contributed by atoms with Crippen LogP contribution in [-0.4, -0.2) is 16.2 Å². The van der Waals surface area contributed by atoms with Gasteiger partial charge in [-0.2, -0.15) is 0 Å². The van der Waals surface area contributed by atoms with E-state index in [1.807, 2.05) is 41.0 Å². The molecule has 0 N–H and O–H groups in total. The summed E-state index contributed by atoms with van der Waals surface area (Å²) in [5.74, 6) is 0.842. The first kappa shape index (κ1) is 11.0. The van der Waals surface area contributed by atoms with E-state index in [2.05, 4.69) is 11.3 Å². The maximum Gasteiger partial charge on any atom is 0.177 e. The van der Waals surface area contributed by atoms with Crippen molar-refractivity contribution in [3.05, 3.63) is 54.7 Å². The average molecular weight is 241 g/mol. The summed E-state index contributed by atoms with van der Waals surface area (Å²) < 4.78 is 12.7. The number of imidazole rings is 1. The van der Waals surface area contributed by atoms with Gasteiger partial charge in [0.05, 0.1) is 23.9 Å². The number of benzene rings is 1. The van der Waals surface area contributed by atoms with Crippen LogP contribution in [-0.2, 0) is 17.9 Å². The van der Waals surface area contributed by atoms with Crippen LogP contribution in [0.3, 0.4) is 0 Å². The van der Waals surface area contributed by atoms with Gasteiger partial charge in [0.15, 0.2) is 6.33 Å². The lowest BCUT2D eigenvalue weighted by Gasteiger charge is -2.04. The highest BCUT2D eigenvalue weighted by Gasteiger charge is 2.02. The Hall–Kier alpha value is -2.07. The predicted octanol–water partition coefficient (Wildman–Crippen LogP) is 2.65. The van der Waals surface area contributed by atoms with E-state index in [9.17, 15) is 0 Å². The van der Waals surface area contributed by atoms with E-state index in [0.717, 1.165) is 23.3 Å². The lowest BCUT2D eigenvalue weighted by atomic mass is 10.3. The van der Waals surface area contributed by atoms with Crippen molar-refractivity contribution in [1.29, 1.82) is 0 Å². The lowest BCUT2D eigenvalue weighted by molar-refractivity contribution is 0.0996. The van der Waals surface area contributed by atoms with Gasteiger partial charge in [0, 0.05) is 6.54 Å². The van der Waals surface area contributed by atoms with Crippen LogP contribution in [0.4, 0.5) is 0 Å².